The zero-order chi connectivity index (χ0) is 13.9. The van der Waals surface area contributed by atoms with Gasteiger partial charge in [0.1, 0.15) is 12.4 Å². The molecule has 0 radical (unpaired) electrons. The van der Waals surface area contributed by atoms with E-state index in [-0.39, 0.29) is 6.04 Å². The molecule has 1 aliphatic rings. The van der Waals surface area contributed by atoms with Crippen LogP contribution in [0.4, 0.5) is 0 Å². The van der Waals surface area contributed by atoms with Gasteiger partial charge in [-0.2, -0.15) is 0 Å². The Morgan fingerprint density at radius 2 is 2.00 bits per heavy atom. The van der Waals surface area contributed by atoms with Gasteiger partial charge < -0.3 is 15.6 Å². The molecule has 0 heterocycles. The molecular weight excluding hydrogens is 238 g/mol. The number of aliphatic hydroxyl groups is 1. The van der Waals surface area contributed by atoms with Crippen molar-refractivity contribution in [2.45, 2.75) is 57.6 Å². The highest BCUT2D eigenvalue weighted by atomic mass is 16.5. The van der Waals surface area contributed by atoms with Crippen LogP contribution < -0.4 is 10.5 Å². The van der Waals surface area contributed by atoms with Crippen molar-refractivity contribution in [1.82, 2.24) is 0 Å². The summed E-state index contributed by atoms with van der Waals surface area (Å²) in [4.78, 5) is 0. The molecule has 0 bridgehead atoms. The SMILES string of the molecule is Cc1ccc([C@H](C)N)c(OCC2(O)CCCCC2)c1. The van der Waals surface area contributed by atoms with Crippen LogP contribution in [-0.2, 0) is 0 Å². The van der Waals surface area contributed by atoms with E-state index in [0.717, 1.165) is 42.6 Å². The van der Waals surface area contributed by atoms with E-state index in [0.29, 0.717) is 6.61 Å². The number of hydrogen-bond donors (Lipinski definition) is 2. The lowest BCUT2D eigenvalue weighted by Crippen LogP contribution is -2.38. The fourth-order valence-electron chi connectivity index (χ4n) is 2.71. The molecule has 0 amide bonds. The number of rotatable bonds is 4. The van der Waals surface area contributed by atoms with Gasteiger partial charge in [-0.3, -0.25) is 0 Å². The lowest BCUT2D eigenvalue weighted by Gasteiger charge is -2.32. The lowest BCUT2D eigenvalue weighted by atomic mass is 9.85. The monoisotopic (exact) mass is 263 g/mol. The van der Waals surface area contributed by atoms with Crippen LogP contribution in [0.25, 0.3) is 0 Å². The van der Waals surface area contributed by atoms with Crippen LogP contribution in [-0.4, -0.2) is 17.3 Å². The Kier molecular flexibility index (Phi) is 4.48. The molecule has 1 saturated carbocycles. The second kappa shape index (κ2) is 5.93. The minimum Gasteiger partial charge on any atom is -0.490 e. The number of aryl methyl sites for hydroxylation is 1. The maximum absolute atomic E-state index is 10.5. The van der Waals surface area contributed by atoms with Crippen LogP contribution in [0.15, 0.2) is 18.2 Å². The average molecular weight is 263 g/mol. The van der Waals surface area contributed by atoms with Gasteiger partial charge in [0.25, 0.3) is 0 Å². The minimum atomic E-state index is -0.656. The maximum Gasteiger partial charge on any atom is 0.124 e. The summed E-state index contributed by atoms with van der Waals surface area (Å²) in [6.45, 7) is 4.36. The van der Waals surface area contributed by atoms with Crippen molar-refractivity contribution in [3.05, 3.63) is 29.3 Å². The quantitative estimate of drug-likeness (QED) is 0.877. The van der Waals surface area contributed by atoms with Crippen molar-refractivity contribution in [2.24, 2.45) is 5.73 Å². The fraction of sp³-hybridized carbons (Fsp3) is 0.625. The standard InChI is InChI=1S/C16H25NO2/c1-12-6-7-14(13(2)17)15(10-12)19-11-16(18)8-4-3-5-9-16/h6-7,10,13,18H,3-5,8-9,11,17H2,1-2H3/t13-/m0/s1. The summed E-state index contributed by atoms with van der Waals surface area (Å²) < 4.78 is 5.89. The van der Waals surface area contributed by atoms with Crippen molar-refractivity contribution in [3.63, 3.8) is 0 Å². The number of ether oxygens (including phenoxy) is 1. The van der Waals surface area contributed by atoms with Gasteiger partial charge in [0.05, 0.1) is 5.60 Å². The highest BCUT2D eigenvalue weighted by molar-refractivity contribution is 5.39. The van der Waals surface area contributed by atoms with E-state index in [1.165, 1.54) is 6.42 Å². The largest absolute Gasteiger partial charge is 0.490 e. The third kappa shape index (κ3) is 3.71. The average Bonchev–Trinajstić information content (AvgIpc) is 2.37. The molecule has 3 heteroatoms. The van der Waals surface area contributed by atoms with Gasteiger partial charge in [-0.25, -0.2) is 0 Å². The van der Waals surface area contributed by atoms with Crippen molar-refractivity contribution >= 4 is 0 Å². The summed E-state index contributed by atoms with van der Waals surface area (Å²) in [5.74, 6) is 0.814. The smallest absolute Gasteiger partial charge is 0.124 e. The van der Waals surface area contributed by atoms with Gasteiger partial charge in [0.2, 0.25) is 0 Å². The number of nitrogens with two attached hydrogens (primary N) is 1. The zero-order valence-electron chi connectivity index (χ0n) is 12.0. The molecule has 1 fully saturated rings. The van der Waals surface area contributed by atoms with Crippen LogP contribution in [0.5, 0.6) is 5.75 Å². The van der Waals surface area contributed by atoms with Gasteiger partial charge in [-0.1, -0.05) is 31.4 Å². The second-order valence-electron chi connectivity index (χ2n) is 5.90. The lowest BCUT2D eigenvalue weighted by molar-refractivity contribution is -0.0341. The molecular formula is C16H25NO2. The molecule has 2 rings (SSSR count). The van der Waals surface area contributed by atoms with Gasteiger partial charge >= 0.3 is 0 Å². The van der Waals surface area contributed by atoms with Gasteiger partial charge in [0.15, 0.2) is 0 Å². The Morgan fingerprint density at radius 3 is 2.63 bits per heavy atom. The van der Waals surface area contributed by atoms with Gasteiger partial charge in [-0.05, 0) is 38.3 Å². The molecule has 0 aliphatic heterocycles. The molecule has 1 aliphatic carbocycles. The normalized spacial score (nSPS) is 20.0. The van der Waals surface area contributed by atoms with Crippen molar-refractivity contribution in [1.29, 1.82) is 0 Å². The minimum absolute atomic E-state index is 0.0587. The first-order chi connectivity index (χ1) is 9.00. The topological polar surface area (TPSA) is 55.5 Å². The molecule has 1 aromatic carbocycles. The van der Waals surface area contributed by atoms with E-state index >= 15 is 0 Å². The highest BCUT2D eigenvalue weighted by Gasteiger charge is 2.30. The maximum atomic E-state index is 10.5. The molecule has 3 N–H and O–H groups in total. The molecule has 0 spiro atoms. The van der Waals surface area contributed by atoms with Crippen LogP contribution in [0.1, 0.15) is 56.2 Å². The van der Waals surface area contributed by atoms with E-state index in [1.807, 2.05) is 32.0 Å². The Morgan fingerprint density at radius 1 is 1.32 bits per heavy atom. The molecule has 106 valence electrons. The fourth-order valence-corrected chi connectivity index (χ4v) is 2.71. The van der Waals surface area contributed by atoms with E-state index in [2.05, 4.69) is 0 Å². The Hall–Kier alpha value is -1.06. The summed E-state index contributed by atoms with van der Waals surface area (Å²) in [6, 6.07) is 6.00. The summed E-state index contributed by atoms with van der Waals surface area (Å²) in [5, 5.41) is 10.5. The third-order valence-electron chi connectivity index (χ3n) is 3.94. The van der Waals surface area contributed by atoms with Crippen LogP contribution >= 0.6 is 0 Å². The molecule has 0 unspecified atom stereocenters. The van der Waals surface area contributed by atoms with Crippen LogP contribution in [0, 0.1) is 6.92 Å². The second-order valence-corrected chi connectivity index (χ2v) is 5.90. The van der Waals surface area contributed by atoms with Gasteiger partial charge in [0, 0.05) is 11.6 Å². The highest BCUT2D eigenvalue weighted by Crippen LogP contribution is 2.31. The number of hydrogen-bond acceptors (Lipinski definition) is 3. The predicted molar refractivity (Wildman–Crippen MR) is 77.3 cm³/mol. The summed E-state index contributed by atoms with van der Waals surface area (Å²) in [7, 11) is 0. The predicted octanol–water partition coefficient (Wildman–Crippen LogP) is 3.09. The Balaban J connectivity index is 2.07. The van der Waals surface area contributed by atoms with Crippen LogP contribution in [0.2, 0.25) is 0 Å². The summed E-state index contributed by atoms with van der Waals surface area (Å²) >= 11 is 0. The van der Waals surface area contributed by atoms with E-state index in [9.17, 15) is 5.11 Å². The van der Waals surface area contributed by atoms with Gasteiger partial charge in [-0.15, -0.1) is 0 Å². The Bertz CT molecular complexity index is 423. The Labute approximate surface area is 115 Å². The third-order valence-corrected chi connectivity index (χ3v) is 3.94. The molecule has 0 saturated heterocycles. The summed E-state index contributed by atoms with van der Waals surface area (Å²) in [5.41, 5.74) is 7.46. The molecule has 19 heavy (non-hydrogen) atoms. The summed E-state index contributed by atoms with van der Waals surface area (Å²) in [6.07, 6.45) is 5.08. The molecule has 0 aromatic heterocycles. The first-order valence-corrected chi connectivity index (χ1v) is 7.21. The van der Waals surface area contributed by atoms with E-state index in [4.69, 9.17) is 10.5 Å². The van der Waals surface area contributed by atoms with Crippen LogP contribution in [0.3, 0.4) is 0 Å². The molecule has 1 aromatic rings. The number of benzene rings is 1. The first-order valence-electron chi connectivity index (χ1n) is 7.21. The first kappa shape index (κ1) is 14.4. The molecule has 3 nitrogen and oxygen atoms in total. The zero-order valence-corrected chi connectivity index (χ0v) is 12.0. The molecule has 1 atom stereocenters. The van der Waals surface area contributed by atoms with Crippen molar-refractivity contribution in [2.75, 3.05) is 6.61 Å². The van der Waals surface area contributed by atoms with Crippen molar-refractivity contribution in [3.8, 4) is 5.75 Å². The van der Waals surface area contributed by atoms with Crippen molar-refractivity contribution < 1.29 is 9.84 Å². The van der Waals surface area contributed by atoms with E-state index < -0.39 is 5.60 Å². The van der Waals surface area contributed by atoms with E-state index in [1.54, 1.807) is 0 Å².